The molecule has 0 bridgehead atoms. The lowest BCUT2D eigenvalue weighted by atomic mass is 10.1. The Morgan fingerprint density at radius 2 is 1.68 bits per heavy atom. The third kappa shape index (κ3) is 3.43. The van der Waals surface area contributed by atoms with Gasteiger partial charge in [0, 0.05) is 17.2 Å². The fourth-order valence-electron chi connectivity index (χ4n) is 2.79. The number of nitrogens with zero attached hydrogens (tertiary/aromatic N) is 1. The number of sulfone groups is 1. The van der Waals surface area contributed by atoms with Gasteiger partial charge in [-0.2, -0.15) is 0 Å². The molecule has 4 nitrogen and oxygen atoms in total. The van der Waals surface area contributed by atoms with Crippen LogP contribution >= 0.6 is 11.3 Å². The van der Waals surface area contributed by atoms with Gasteiger partial charge in [-0.05, 0) is 49.2 Å². The Labute approximate surface area is 149 Å². The lowest BCUT2D eigenvalue weighted by Gasteiger charge is -2.11. The van der Waals surface area contributed by atoms with Gasteiger partial charge in [0.15, 0.2) is 9.84 Å². The molecule has 130 valence electrons. The predicted molar refractivity (Wildman–Crippen MR) is 97.9 cm³/mol. The highest BCUT2D eigenvalue weighted by molar-refractivity contribution is 7.90. The van der Waals surface area contributed by atoms with Gasteiger partial charge < -0.3 is 0 Å². The quantitative estimate of drug-likeness (QED) is 0.699. The number of rotatable bonds is 3. The van der Waals surface area contributed by atoms with Crippen molar-refractivity contribution >= 4 is 21.2 Å². The third-order valence-corrected chi connectivity index (χ3v) is 5.64. The highest BCUT2D eigenvalue weighted by Gasteiger charge is 2.17. The van der Waals surface area contributed by atoms with Crippen LogP contribution in [0.2, 0.25) is 0 Å². The summed E-state index contributed by atoms with van der Waals surface area (Å²) in [5, 5.41) is 1.65. The summed E-state index contributed by atoms with van der Waals surface area (Å²) in [6, 6.07) is 9.66. The Morgan fingerprint density at radius 3 is 2.24 bits per heavy atom. The Hall–Kier alpha value is -2.25. The summed E-state index contributed by atoms with van der Waals surface area (Å²) in [7, 11) is -3.64. The zero-order valence-electron chi connectivity index (χ0n) is 13.9. The molecule has 3 aromatic rings. The van der Waals surface area contributed by atoms with Crippen molar-refractivity contribution in [2.45, 2.75) is 18.7 Å². The number of benzene rings is 2. The number of hydrogen-bond acceptors (Lipinski definition) is 4. The number of aromatic nitrogens is 1. The average molecular weight is 377 g/mol. The Kier molecular flexibility index (Phi) is 4.38. The summed E-state index contributed by atoms with van der Waals surface area (Å²) in [5.74, 6) is -0.828. The summed E-state index contributed by atoms with van der Waals surface area (Å²) in [4.78, 5) is 11.8. The van der Waals surface area contributed by atoms with E-state index < -0.39 is 15.7 Å². The monoisotopic (exact) mass is 377 g/mol. The second-order valence-corrected chi connectivity index (χ2v) is 8.79. The van der Waals surface area contributed by atoms with Crippen molar-refractivity contribution in [3.8, 4) is 16.9 Å². The molecule has 0 amide bonds. The van der Waals surface area contributed by atoms with Gasteiger partial charge in [0.05, 0.1) is 11.4 Å². The maximum atomic E-state index is 14.2. The molecule has 1 aromatic heterocycles. The van der Waals surface area contributed by atoms with Crippen LogP contribution in [0.25, 0.3) is 16.9 Å². The molecular formula is C18H16FNO3S2. The molecule has 3 rings (SSSR count). The maximum Gasteiger partial charge on any atom is 0.312 e. The van der Waals surface area contributed by atoms with Crippen LogP contribution in [0, 0.1) is 19.7 Å². The van der Waals surface area contributed by atoms with E-state index in [-0.39, 0.29) is 9.77 Å². The van der Waals surface area contributed by atoms with Crippen molar-refractivity contribution in [1.82, 2.24) is 4.57 Å². The molecule has 0 N–H and O–H groups in total. The van der Waals surface area contributed by atoms with Gasteiger partial charge in [-0.1, -0.05) is 23.5 Å². The van der Waals surface area contributed by atoms with Crippen molar-refractivity contribution in [2.24, 2.45) is 0 Å². The van der Waals surface area contributed by atoms with E-state index in [0.29, 0.717) is 16.9 Å². The lowest BCUT2D eigenvalue weighted by Crippen LogP contribution is -2.12. The minimum absolute atomic E-state index is 0.187. The zero-order valence-corrected chi connectivity index (χ0v) is 15.5. The molecule has 0 unspecified atom stereocenters. The molecule has 0 saturated carbocycles. The van der Waals surface area contributed by atoms with Gasteiger partial charge in [-0.3, -0.25) is 9.36 Å². The number of halogens is 1. The van der Waals surface area contributed by atoms with Gasteiger partial charge in [-0.25, -0.2) is 12.8 Å². The fraction of sp³-hybridized carbons (Fsp3) is 0.167. The van der Waals surface area contributed by atoms with Crippen molar-refractivity contribution in [2.75, 3.05) is 6.26 Å². The summed E-state index contributed by atoms with van der Waals surface area (Å²) in [6.07, 6.45) is 0.959. The molecule has 0 radical (unpaired) electrons. The molecule has 0 atom stereocenters. The van der Waals surface area contributed by atoms with Crippen molar-refractivity contribution in [3.05, 3.63) is 68.4 Å². The molecule has 0 aliphatic carbocycles. The molecule has 0 saturated heterocycles. The highest BCUT2D eigenvalue weighted by Crippen LogP contribution is 2.27. The van der Waals surface area contributed by atoms with E-state index in [1.807, 2.05) is 32.0 Å². The van der Waals surface area contributed by atoms with Gasteiger partial charge >= 0.3 is 4.87 Å². The Bertz CT molecular complexity index is 1110. The normalized spacial score (nSPS) is 11.7. The van der Waals surface area contributed by atoms with E-state index in [0.717, 1.165) is 34.8 Å². The van der Waals surface area contributed by atoms with Crippen LogP contribution < -0.4 is 4.87 Å². The summed E-state index contributed by atoms with van der Waals surface area (Å²) in [6.45, 7) is 3.88. The van der Waals surface area contributed by atoms with E-state index in [2.05, 4.69) is 0 Å². The van der Waals surface area contributed by atoms with Gasteiger partial charge in [-0.15, -0.1) is 0 Å². The zero-order chi connectivity index (χ0) is 18.4. The molecule has 1 heterocycles. The predicted octanol–water partition coefficient (Wildman–Crippen LogP) is 3.73. The van der Waals surface area contributed by atoms with E-state index in [1.165, 1.54) is 16.7 Å². The van der Waals surface area contributed by atoms with Crippen molar-refractivity contribution in [1.29, 1.82) is 0 Å². The molecule has 7 heteroatoms. The first-order valence-electron chi connectivity index (χ1n) is 7.46. The molecule has 0 spiro atoms. The number of thiazole rings is 1. The fourth-order valence-corrected chi connectivity index (χ4v) is 4.28. The standard InChI is InChI=1S/C18H16FNO3S2/c1-11-6-12(2)8-14(7-11)20-16(10-24-18(20)21)13-4-5-17(15(19)9-13)25(3,22)23/h4-10H,1-3H3. The maximum absolute atomic E-state index is 14.2. The molecule has 0 fully saturated rings. The van der Waals surface area contributed by atoms with E-state index in [4.69, 9.17) is 0 Å². The van der Waals surface area contributed by atoms with Crippen LogP contribution in [0.15, 0.2) is 51.5 Å². The van der Waals surface area contributed by atoms with E-state index in [1.54, 1.807) is 5.38 Å². The summed E-state index contributed by atoms with van der Waals surface area (Å²) >= 11 is 1.01. The van der Waals surface area contributed by atoms with Gasteiger partial charge in [0.2, 0.25) is 0 Å². The molecule has 0 aliphatic heterocycles. The second kappa shape index (κ2) is 6.24. The molecular weight excluding hydrogens is 361 g/mol. The Morgan fingerprint density at radius 1 is 1.04 bits per heavy atom. The minimum Gasteiger partial charge on any atom is -0.267 e. The van der Waals surface area contributed by atoms with Gasteiger partial charge in [0.1, 0.15) is 10.7 Å². The topological polar surface area (TPSA) is 56.1 Å². The van der Waals surface area contributed by atoms with Gasteiger partial charge in [0.25, 0.3) is 0 Å². The minimum atomic E-state index is -3.64. The highest BCUT2D eigenvalue weighted by atomic mass is 32.2. The van der Waals surface area contributed by atoms with Crippen LogP contribution in [0.1, 0.15) is 11.1 Å². The largest absolute Gasteiger partial charge is 0.312 e. The third-order valence-electron chi connectivity index (χ3n) is 3.79. The molecule has 0 aliphatic rings. The summed E-state index contributed by atoms with van der Waals surface area (Å²) in [5.41, 5.74) is 3.70. The first-order valence-corrected chi connectivity index (χ1v) is 10.2. The van der Waals surface area contributed by atoms with E-state index >= 15 is 0 Å². The van der Waals surface area contributed by atoms with Crippen LogP contribution in [0.4, 0.5) is 4.39 Å². The summed E-state index contributed by atoms with van der Waals surface area (Å²) < 4.78 is 38.9. The average Bonchev–Trinajstić information content (AvgIpc) is 2.86. The number of aryl methyl sites for hydroxylation is 2. The number of hydrogen-bond donors (Lipinski definition) is 0. The molecule has 25 heavy (non-hydrogen) atoms. The SMILES string of the molecule is Cc1cc(C)cc(-n2c(-c3ccc(S(C)(=O)=O)c(F)c3)csc2=O)c1. The van der Waals surface area contributed by atoms with Crippen LogP contribution in [-0.4, -0.2) is 19.2 Å². The van der Waals surface area contributed by atoms with Crippen LogP contribution in [0.3, 0.4) is 0 Å². The van der Waals surface area contributed by atoms with Crippen molar-refractivity contribution in [3.63, 3.8) is 0 Å². The van der Waals surface area contributed by atoms with Crippen LogP contribution in [-0.2, 0) is 9.84 Å². The van der Waals surface area contributed by atoms with E-state index in [9.17, 15) is 17.6 Å². The smallest absolute Gasteiger partial charge is 0.267 e. The van der Waals surface area contributed by atoms with Crippen LogP contribution in [0.5, 0.6) is 0 Å². The Balaban J connectivity index is 2.21. The lowest BCUT2D eigenvalue weighted by molar-refractivity contribution is 0.571. The first kappa shape index (κ1) is 17.6. The molecule has 2 aromatic carbocycles. The van der Waals surface area contributed by atoms with Crippen molar-refractivity contribution < 1.29 is 12.8 Å². The second-order valence-electron chi connectivity index (χ2n) is 5.99. The first-order chi connectivity index (χ1) is 11.7.